The fourth-order valence-electron chi connectivity index (χ4n) is 1.24. The molecule has 0 aliphatic heterocycles. The molecule has 0 saturated heterocycles. The molecule has 1 saturated carbocycles. The molecule has 1 aliphatic rings. The fraction of sp³-hybridized carbons (Fsp3) is 0.625. The maximum absolute atomic E-state index is 11.0. The van der Waals surface area contributed by atoms with Crippen molar-refractivity contribution in [1.82, 2.24) is 0 Å². The third-order valence-electron chi connectivity index (χ3n) is 1.99. The molecule has 0 radical (unpaired) electrons. The summed E-state index contributed by atoms with van der Waals surface area (Å²) in [6, 6.07) is 0. The van der Waals surface area contributed by atoms with Gasteiger partial charge in [0.25, 0.3) is 0 Å². The maximum atomic E-state index is 11.0. The number of aliphatic hydroxyl groups excluding tert-OH is 1. The largest absolute Gasteiger partial charge is 0.515 e. The first kappa shape index (κ1) is 8.27. The lowest BCUT2D eigenvalue weighted by atomic mass is 9.92. The molecule has 3 heteroatoms. The number of methoxy groups -OCH3 is 1. The number of ether oxygens (including phenoxy) is 1. The van der Waals surface area contributed by atoms with Crippen LogP contribution in [0, 0.1) is 0 Å². The predicted molar refractivity (Wildman–Crippen MR) is 40.4 cm³/mol. The zero-order chi connectivity index (χ0) is 8.27. The van der Waals surface area contributed by atoms with Gasteiger partial charge in [-0.05, 0) is 6.42 Å². The van der Waals surface area contributed by atoms with Crippen LogP contribution in [0.25, 0.3) is 0 Å². The summed E-state index contributed by atoms with van der Waals surface area (Å²) in [6.07, 6.45) is 2.81. The molecule has 0 aromatic carbocycles. The Bertz CT molecular complexity index is 184. The van der Waals surface area contributed by atoms with Gasteiger partial charge < -0.3 is 9.84 Å². The average Bonchev–Trinajstić information content (AvgIpc) is 2.05. The molecule has 3 nitrogen and oxygen atoms in total. The minimum Gasteiger partial charge on any atom is -0.515 e. The quantitative estimate of drug-likeness (QED) is 0.458. The van der Waals surface area contributed by atoms with Gasteiger partial charge in [-0.2, -0.15) is 0 Å². The number of aliphatic hydroxyl groups is 1. The Morgan fingerprint density at radius 3 is 3.00 bits per heavy atom. The minimum absolute atomic E-state index is 0.0424. The van der Waals surface area contributed by atoms with Crippen molar-refractivity contribution in [3.63, 3.8) is 0 Å². The van der Waals surface area contributed by atoms with Gasteiger partial charge in [0.05, 0.1) is 12.4 Å². The number of Topliss-reactive ketones (excluding diaryl/α,β-unsaturated/α-hetero) is 1. The molecule has 1 rings (SSSR count). The smallest absolute Gasteiger partial charge is 0.162 e. The molecule has 1 N–H and O–H groups in total. The molecular formula is C8H12O3. The number of ketones is 1. The van der Waals surface area contributed by atoms with Gasteiger partial charge in [0.2, 0.25) is 0 Å². The first-order valence-electron chi connectivity index (χ1n) is 3.67. The van der Waals surface area contributed by atoms with Crippen molar-refractivity contribution in [2.75, 3.05) is 7.11 Å². The van der Waals surface area contributed by atoms with Crippen LogP contribution in [0.4, 0.5) is 0 Å². The minimum atomic E-state index is 0.0424. The second-order valence-electron chi connectivity index (χ2n) is 2.68. The van der Waals surface area contributed by atoms with Crippen LogP contribution in [0.3, 0.4) is 0 Å². The molecule has 11 heavy (non-hydrogen) atoms. The van der Waals surface area contributed by atoms with E-state index in [9.17, 15) is 4.79 Å². The third-order valence-corrected chi connectivity index (χ3v) is 1.99. The van der Waals surface area contributed by atoms with Crippen LogP contribution in [-0.2, 0) is 9.53 Å². The zero-order valence-corrected chi connectivity index (χ0v) is 6.54. The number of rotatable bonds is 1. The van der Waals surface area contributed by atoms with Crippen molar-refractivity contribution in [2.45, 2.75) is 25.4 Å². The number of hydrogen-bond donors (Lipinski definition) is 1. The van der Waals surface area contributed by atoms with E-state index in [2.05, 4.69) is 0 Å². The summed E-state index contributed by atoms with van der Waals surface area (Å²) in [7, 11) is 1.62. The molecule has 1 aliphatic carbocycles. The topological polar surface area (TPSA) is 46.5 Å². The monoisotopic (exact) mass is 156 g/mol. The molecule has 0 amide bonds. The van der Waals surface area contributed by atoms with E-state index in [1.165, 1.54) is 0 Å². The molecule has 1 unspecified atom stereocenters. The van der Waals surface area contributed by atoms with E-state index in [0.717, 1.165) is 12.7 Å². The van der Waals surface area contributed by atoms with Crippen molar-refractivity contribution in [3.8, 4) is 0 Å². The summed E-state index contributed by atoms with van der Waals surface area (Å²) in [6.45, 7) is 0. The van der Waals surface area contributed by atoms with E-state index in [1.54, 1.807) is 7.11 Å². The number of carbonyl (C=O) groups excluding carboxylic acids is 1. The van der Waals surface area contributed by atoms with Gasteiger partial charge in [-0.15, -0.1) is 0 Å². The summed E-state index contributed by atoms with van der Waals surface area (Å²) in [5.74, 6) is 0.0424. The van der Waals surface area contributed by atoms with Gasteiger partial charge in [-0.3, -0.25) is 4.79 Å². The normalized spacial score (nSPS) is 29.4. The Labute approximate surface area is 65.7 Å². The Morgan fingerprint density at radius 2 is 2.45 bits per heavy atom. The van der Waals surface area contributed by atoms with Crippen molar-refractivity contribution in [3.05, 3.63) is 11.8 Å². The van der Waals surface area contributed by atoms with Crippen LogP contribution < -0.4 is 0 Å². The highest BCUT2D eigenvalue weighted by atomic mass is 16.5. The van der Waals surface area contributed by atoms with Crippen molar-refractivity contribution in [2.24, 2.45) is 0 Å². The number of carbonyl (C=O) groups is 1. The van der Waals surface area contributed by atoms with Crippen molar-refractivity contribution in [1.29, 1.82) is 0 Å². The fourth-order valence-corrected chi connectivity index (χ4v) is 1.24. The molecule has 62 valence electrons. The predicted octanol–water partition coefficient (Wildman–Crippen LogP) is 1.20. The van der Waals surface area contributed by atoms with E-state index in [4.69, 9.17) is 9.84 Å². The molecule has 0 aromatic rings. The van der Waals surface area contributed by atoms with Crippen LogP contribution in [0.15, 0.2) is 11.8 Å². The lowest BCUT2D eigenvalue weighted by Crippen LogP contribution is -2.22. The molecule has 1 fully saturated rings. The van der Waals surface area contributed by atoms with E-state index < -0.39 is 0 Å². The summed E-state index contributed by atoms with van der Waals surface area (Å²) >= 11 is 0. The highest BCUT2D eigenvalue weighted by Gasteiger charge is 2.22. The molecule has 0 bridgehead atoms. The lowest BCUT2D eigenvalue weighted by molar-refractivity contribution is -0.118. The zero-order valence-electron chi connectivity index (χ0n) is 6.54. The molecule has 0 aromatic heterocycles. The summed E-state index contributed by atoms with van der Waals surface area (Å²) in [5.41, 5.74) is 0.489. The lowest BCUT2D eigenvalue weighted by Gasteiger charge is -2.20. The van der Waals surface area contributed by atoms with E-state index >= 15 is 0 Å². The Balaban J connectivity index is 2.58. The third kappa shape index (κ3) is 1.80. The van der Waals surface area contributed by atoms with Gasteiger partial charge >= 0.3 is 0 Å². The van der Waals surface area contributed by atoms with Crippen molar-refractivity contribution >= 4 is 5.78 Å². The highest BCUT2D eigenvalue weighted by Crippen LogP contribution is 2.21. The maximum Gasteiger partial charge on any atom is 0.162 e. The summed E-state index contributed by atoms with van der Waals surface area (Å²) in [4.78, 5) is 11.0. The van der Waals surface area contributed by atoms with Gasteiger partial charge in [-0.1, -0.05) is 0 Å². The van der Waals surface area contributed by atoms with Gasteiger partial charge in [-0.25, -0.2) is 0 Å². The Kier molecular flexibility index (Phi) is 2.65. The number of hydrogen-bond acceptors (Lipinski definition) is 3. The highest BCUT2D eigenvalue weighted by molar-refractivity contribution is 5.95. The second-order valence-corrected chi connectivity index (χ2v) is 2.68. The Hall–Kier alpha value is -0.830. The standard InChI is InChI=1S/C8H12O3/c1-11-7-2-3-8(10)6(4-7)5-9/h5,7,9H,2-4H2,1H3/b6-5+. The van der Waals surface area contributed by atoms with Crippen LogP contribution in [0.1, 0.15) is 19.3 Å². The SMILES string of the molecule is COC1CCC(=O)/C(=C/O)C1. The van der Waals surface area contributed by atoms with E-state index in [-0.39, 0.29) is 11.9 Å². The molecule has 0 heterocycles. The summed E-state index contributed by atoms with van der Waals surface area (Å²) in [5, 5.41) is 8.64. The van der Waals surface area contributed by atoms with Crippen LogP contribution in [-0.4, -0.2) is 24.1 Å². The molecule has 0 spiro atoms. The summed E-state index contributed by atoms with van der Waals surface area (Å²) < 4.78 is 5.07. The molecular weight excluding hydrogens is 144 g/mol. The first-order valence-corrected chi connectivity index (χ1v) is 3.67. The van der Waals surface area contributed by atoms with Gasteiger partial charge in [0.1, 0.15) is 0 Å². The van der Waals surface area contributed by atoms with Crippen LogP contribution in [0.2, 0.25) is 0 Å². The van der Waals surface area contributed by atoms with Crippen LogP contribution >= 0.6 is 0 Å². The van der Waals surface area contributed by atoms with Crippen LogP contribution in [0.5, 0.6) is 0 Å². The van der Waals surface area contributed by atoms with E-state index in [0.29, 0.717) is 18.4 Å². The Morgan fingerprint density at radius 1 is 1.73 bits per heavy atom. The molecule has 1 atom stereocenters. The first-order chi connectivity index (χ1) is 5.27. The van der Waals surface area contributed by atoms with E-state index in [1.807, 2.05) is 0 Å². The average molecular weight is 156 g/mol. The van der Waals surface area contributed by atoms with Crippen molar-refractivity contribution < 1.29 is 14.6 Å². The van der Waals surface area contributed by atoms with Gasteiger partial charge in [0, 0.05) is 25.5 Å². The second kappa shape index (κ2) is 3.53. The van der Waals surface area contributed by atoms with Gasteiger partial charge in [0.15, 0.2) is 5.78 Å².